The second kappa shape index (κ2) is 10.4. The molecule has 0 bridgehead atoms. The minimum Gasteiger partial charge on any atom is -0.478 e. The molecule has 36 heavy (non-hydrogen) atoms. The third-order valence-corrected chi connectivity index (χ3v) is 8.04. The van der Waals surface area contributed by atoms with Gasteiger partial charge in [-0.1, -0.05) is 25.3 Å². The van der Waals surface area contributed by atoms with E-state index in [0.29, 0.717) is 12.0 Å². The van der Waals surface area contributed by atoms with Gasteiger partial charge in [0.05, 0.1) is 16.8 Å². The maximum Gasteiger partial charge on any atom is 0.335 e. The molecule has 2 fully saturated rings. The lowest BCUT2D eigenvalue weighted by molar-refractivity contribution is -0.133. The SMILES string of the molecule is CN(C)C1CCN(C(=O)Cn2c(-c3cncnc3)c(C3CCCCC3)c3ccc(C(=O)O)cc32)CC1. The van der Waals surface area contributed by atoms with E-state index in [0.717, 1.165) is 60.9 Å². The Morgan fingerprint density at radius 3 is 2.36 bits per heavy atom. The largest absolute Gasteiger partial charge is 0.478 e. The third kappa shape index (κ3) is 4.74. The molecule has 1 N–H and O–H groups in total. The molecule has 2 aliphatic rings. The molecule has 8 heteroatoms. The van der Waals surface area contributed by atoms with E-state index in [-0.39, 0.29) is 18.0 Å². The summed E-state index contributed by atoms with van der Waals surface area (Å²) in [6, 6.07) is 5.83. The molecular formula is C28H35N5O3. The molecular weight excluding hydrogens is 454 g/mol. The number of hydrogen-bond donors (Lipinski definition) is 1. The zero-order valence-electron chi connectivity index (χ0n) is 21.2. The van der Waals surface area contributed by atoms with Crippen molar-refractivity contribution in [2.24, 2.45) is 0 Å². The summed E-state index contributed by atoms with van der Waals surface area (Å²) in [7, 11) is 4.18. The maximum atomic E-state index is 13.6. The van der Waals surface area contributed by atoms with Gasteiger partial charge < -0.3 is 19.5 Å². The van der Waals surface area contributed by atoms with Gasteiger partial charge in [-0.15, -0.1) is 0 Å². The minimum absolute atomic E-state index is 0.0677. The summed E-state index contributed by atoms with van der Waals surface area (Å²) < 4.78 is 2.03. The Kier molecular flexibility index (Phi) is 7.05. The number of nitrogens with zero attached hydrogens (tertiary/aromatic N) is 5. The van der Waals surface area contributed by atoms with E-state index < -0.39 is 5.97 Å². The van der Waals surface area contributed by atoms with Crippen LogP contribution in [0.1, 0.15) is 66.8 Å². The number of aromatic nitrogens is 3. The van der Waals surface area contributed by atoms with Gasteiger partial charge in [0.2, 0.25) is 5.91 Å². The lowest BCUT2D eigenvalue weighted by Crippen LogP contribution is -2.45. The van der Waals surface area contributed by atoms with Crippen molar-refractivity contribution in [3.8, 4) is 11.3 Å². The van der Waals surface area contributed by atoms with Crippen molar-refractivity contribution in [3.63, 3.8) is 0 Å². The summed E-state index contributed by atoms with van der Waals surface area (Å²) in [5, 5.41) is 10.8. The highest BCUT2D eigenvalue weighted by Crippen LogP contribution is 2.44. The predicted octanol–water partition coefficient (Wildman–Crippen LogP) is 4.40. The van der Waals surface area contributed by atoms with Gasteiger partial charge in [0.15, 0.2) is 0 Å². The van der Waals surface area contributed by atoms with Crippen LogP contribution >= 0.6 is 0 Å². The number of hydrogen-bond acceptors (Lipinski definition) is 5. The first-order chi connectivity index (χ1) is 17.4. The Morgan fingerprint density at radius 1 is 1.03 bits per heavy atom. The lowest BCUT2D eigenvalue weighted by atomic mass is 9.82. The van der Waals surface area contributed by atoms with Crippen LogP contribution in [-0.2, 0) is 11.3 Å². The summed E-state index contributed by atoms with van der Waals surface area (Å²) in [5.41, 5.74) is 4.05. The number of carboxylic acids is 1. The Labute approximate surface area is 211 Å². The van der Waals surface area contributed by atoms with Gasteiger partial charge in [-0.05, 0) is 63.4 Å². The number of piperidine rings is 1. The van der Waals surface area contributed by atoms with E-state index in [2.05, 4.69) is 29.0 Å². The highest BCUT2D eigenvalue weighted by Gasteiger charge is 2.30. The summed E-state index contributed by atoms with van der Waals surface area (Å²) >= 11 is 0. The van der Waals surface area contributed by atoms with Crippen LogP contribution in [-0.4, -0.2) is 74.5 Å². The van der Waals surface area contributed by atoms with E-state index in [1.807, 2.05) is 15.5 Å². The van der Waals surface area contributed by atoms with Crippen LogP contribution < -0.4 is 0 Å². The molecule has 1 aliphatic heterocycles. The van der Waals surface area contributed by atoms with Crippen molar-refractivity contribution >= 4 is 22.8 Å². The third-order valence-electron chi connectivity index (χ3n) is 8.04. The lowest BCUT2D eigenvalue weighted by Gasteiger charge is -2.35. The summed E-state index contributed by atoms with van der Waals surface area (Å²) in [5.74, 6) is -0.539. The van der Waals surface area contributed by atoms with Gasteiger partial charge in [0.25, 0.3) is 0 Å². The van der Waals surface area contributed by atoms with E-state index in [1.165, 1.54) is 31.2 Å². The molecule has 5 rings (SSSR count). The average molecular weight is 490 g/mol. The second-order valence-electron chi connectivity index (χ2n) is 10.4. The summed E-state index contributed by atoms with van der Waals surface area (Å²) in [6.45, 7) is 1.64. The van der Waals surface area contributed by atoms with Gasteiger partial charge >= 0.3 is 5.97 Å². The molecule has 8 nitrogen and oxygen atoms in total. The molecule has 1 saturated heterocycles. The molecule has 3 heterocycles. The van der Waals surface area contributed by atoms with Crippen LogP contribution in [0.4, 0.5) is 0 Å². The second-order valence-corrected chi connectivity index (χ2v) is 10.4. The number of rotatable bonds is 6. The first-order valence-electron chi connectivity index (χ1n) is 13.0. The molecule has 1 aromatic carbocycles. The quantitative estimate of drug-likeness (QED) is 0.552. The van der Waals surface area contributed by atoms with E-state index in [4.69, 9.17) is 0 Å². The molecule has 1 amide bonds. The van der Waals surface area contributed by atoms with Gasteiger partial charge in [-0.2, -0.15) is 0 Å². The standard InChI is InChI=1S/C28H35N5O3/c1-31(2)22-10-12-32(13-11-22)25(34)17-33-24-14-20(28(35)36)8-9-23(24)26(19-6-4-3-5-7-19)27(33)21-15-29-18-30-16-21/h8-9,14-16,18-19,22H,3-7,10-13,17H2,1-2H3,(H,35,36). The van der Waals surface area contributed by atoms with Crippen LogP contribution in [0, 0.1) is 0 Å². The van der Waals surface area contributed by atoms with Crippen LogP contribution in [0.15, 0.2) is 36.9 Å². The van der Waals surface area contributed by atoms with Crippen LogP contribution in [0.2, 0.25) is 0 Å². The minimum atomic E-state index is -0.967. The van der Waals surface area contributed by atoms with Crippen molar-refractivity contribution in [2.45, 2.75) is 63.5 Å². The monoisotopic (exact) mass is 489 g/mol. The number of carbonyl (C=O) groups is 2. The van der Waals surface area contributed by atoms with Gasteiger partial charge in [0, 0.05) is 42.5 Å². The van der Waals surface area contributed by atoms with Crippen molar-refractivity contribution in [1.82, 2.24) is 24.3 Å². The molecule has 0 unspecified atom stereocenters. The number of likely N-dealkylation sites (tertiary alicyclic amines) is 1. The molecule has 0 spiro atoms. The first kappa shape index (κ1) is 24.4. The van der Waals surface area contributed by atoms with Gasteiger partial charge in [-0.3, -0.25) is 4.79 Å². The average Bonchev–Trinajstić information content (AvgIpc) is 3.23. The zero-order valence-corrected chi connectivity index (χ0v) is 21.2. The van der Waals surface area contributed by atoms with Crippen LogP contribution in [0.5, 0.6) is 0 Å². The van der Waals surface area contributed by atoms with Crippen LogP contribution in [0.25, 0.3) is 22.2 Å². The highest BCUT2D eigenvalue weighted by molar-refractivity contribution is 5.99. The van der Waals surface area contributed by atoms with E-state index in [9.17, 15) is 14.7 Å². The maximum absolute atomic E-state index is 13.6. The smallest absolute Gasteiger partial charge is 0.335 e. The molecule has 190 valence electrons. The Bertz CT molecular complexity index is 1240. The van der Waals surface area contributed by atoms with Crippen molar-refractivity contribution in [2.75, 3.05) is 27.2 Å². The molecule has 0 radical (unpaired) electrons. The topological polar surface area (TPSA) is 91.6 Å². The zero-order chi connectivity index (χ0) is 25.2. The first-order valence-corrected chi connectivity index (χ1v) is 13.0. The Balaban J connectivity index is 1.61. The molecule has 1 saturated carbocycles. The number of carboxylic acid groups (broad SMARTS) is 1. The van der Waals surface area contributed by atoms with Crippen LogP contribution in [0.3, 0.4) is 0 Å². The molecule has 1 aliphatic carbocycles. The predicted molar refractivity (Wildman–Crippen MR) is 139 cm³/mol. The number of carbonyl (C=O) groups excluding carboxylic acids is 1. The van der Waals surface area contributed by atoms with Crippen molar-refractivity contribution < 1.29 is 14.7 Å². The van der Waals surface area contributed by atoms with Gasteiger partial charge in [-0.25, -0.2) is 14.8 Å². The Hall–Kier alpha value is -3.26. The molecule has 2 aromatic heterocycles. The normalized spacial score (nSPS) is 17.7. The fraction of sp³-hybridized carbons (Fsp3) is 0.500. The fourth-order valence-corrected chi connectivity index (χ4v) is 6.08. The highest BCUT2D eigenvalue weighted by atomic mass is 16.4. The molecule has 0 atom stereocenters. The number of aromatic carboxylic acids is 1. The number of fused-ring (bicyclic) bond motifs is 1. The molecule has 3 aromatic rings. The Morgan fingerprint density at radius 2 is 1.72 bits per heavy atom. The summed E-state index contributed by atoms with van der Waals surface area (Å²) in [6.07, 6.45) is 12.8. The number of benzene rings is 1. The number of amides is 1. The van der Waals surface area contributed by atoms with Crippen molar-refractivity contribution in [3.05, 3.63) is 48.0 Å². The fourth-order valence-electron chi connectivity index (χ4n) is 6.08. The van der Waals surface area contributed by atoms with Crippen molar-refractivity contribution in [1.29, 1.82) is 0 Å². The summed E-state index contributed by atoms with van der Waals surface area (Å²) in [4.78, 5) is 38.2. The van der Waals surface area contributed by atoms with E-state index >= 15 is 0 Å². The van der Waals surface area contributed by atoms with E-state index in [1.54, 1.807) is 24.5 Å². The van der Waals surface area contributed by atoms with Gasteiger partial charge in [0.1, 0.15) is 12.9 Å².